The average molecular weight is 599 g/mol. The van der Waals surface area contributed by atoms with Crippen LogP contribution in [0.25, 0.3) is 10.2 Å². The Balaban J connectivity index is 0.00000533. The number of nitrogens with zero attached hydrogens (tertiary/aromatic N) is 4. The molecule has 9 nitrogen and oxygen atoms in total. The summed E-state index contributed by atoms with van der Waals surface area (Å²) in [5.41, 5.74) is 1.02. The van der Waals surface area contributed by atoms with E-state index in [-0.39, 0.29) is 23.2 Å². The van der Waals surface area contributed by atoms with Crippen molar-refractivity contribution in [2.75, 3.05) is 59.4 Å². The number of unbranched alkanes of at least 4 members (excludes halogenated alkanes) is 1. The van der Waals surface area contributed by atoms with Crippen molar-refractivity contribution in [2.45, 2.75) is 38.0 Å². The van der Waals surface area contributed by atoms with Crippen molar-refractivity contribution in [1.82, 2.24) is 14.2 Å². The summed E-state index contributed by atoms with van der Waals surface area (Å²) < 4.78 is 39.5. The number of benzene rings is 2. The molecule has 1 heterocycles. The van der Waals surface area contributed by atoms with E-state index in [0.29, 0.717) is 47.3 Å². The highest BCUT2D eigenvalue weighted by Crippen LogP contribution is 2.40. The smallest absolute Gasteiger partial charge is 0.260 e. The summed E-state index contributed by atoms with van der Waals surface area (Å²) in [5, 5.41) is 0.528. The normalized spacial score (nSPS) is 11.6. The van der Waals surface area contributed by atoms with E-state index in [9.17, 15) is 13.2 Å². The number of carbonyl (C=O) groups excluding carboxylic acids is 1. The number of amides is 1. The number of ether oxygens (including phenoxy) is 2. The fourth-order valence-corrected chi connectivity index (χ4v) is 6.66. The first-order valence-corrected chi connectivity index (χ1v) is 15.0. The molecule has 0 spiro atoms. The van der Waals surface area contributed by atoms with Crippen LogP contribution in [-0.4, -0.2) is 83.0 Å². The molecule has 3 aromatic rings. The Morgan fingerprint density at radius 1 is 0.923 bits per heavy atom. The minimum atomic E-state index is -3.63. The van der Waals surface area contributed by atoms with Gasteiger partial charge in [0.15, 0.2) is 5.13 Å². The van der Waals surface area contributed by atoms with E-state index in [4.69, 9.17) is 14.5 Å². The summed E-state index contributed by atoms with van der Waals surface area (Å²) in [4.78, 5) is 22.4. The van der Waals surface area contributed by atoms with Crippen molar-refractivity contribution in [3.05, 3.63) is 42.0 Å². The number of thiazole rings is 1. The van der Waals surface area contributed by atoms with Gasteiger partial charge in [0.25, 0.3) is 5.91 Å². The maximum Gasteiger partial charge on any atom is 0.260 e. The van der Waals surface area contributed by atoms with Crippen LogP contribution in [-0.2, 0) is 10.0 Å². The second-order valence-corrected chi connectivity index (χ2v) is 12.0. The number of fused-ring (bicyclic) bond motifs is 1. The van der Waals surface area contributed by atoms with Gasteiger partial charge >= 0.3 is 0 Å². The largest absolute Gasteiger partial charge is 0.495 e. The van der Waals surface area contributed by atoms with Crippen LogP contribution in [0.15, 0.2) is 41.3 Å². The van der Waals surface area contributed by atoms with Crippen molar-refractivity contribution in [3.8, 4) is 11.5 Å². The van der Waals surface area contributed by atoms with Gasteiger partial charge in [-0.25, -0.2) is 13.4 Å². The van der Waals surface area contributed by atoms with E-state index >= 15 is 0 Å². The molecule has 0 radical (unpaired) electrons. The molecule has 0 fully saturated rings. The number of anilines is 1. The molecule has 0 N–H and O–H groups in total. The maximum absolute atomic E-state index is 13.8. The minimum absolute atomic E-state index is 0. The summed E-state index contributed by atoms with van der Waals surface area (Å²) in [6.45, 7) is 5.97. The van der Waals surface area contributed by atoms with Crippen LogP contribution < -0.4 is 14.4 Å². The Bertz CT molecular complexity index is 1290. The van der Waals surface area contributed by atoms with Crippen LogP contribution in [0.1, 0.15) is 43.5 Å². The van der Waals surface area contributed by atoms with Crippen LogP contribution in [0.4, 0.5) is 5.13 Å². The molecule has 3 rings (SSSR count). The Morgan fingerprint density at radius 3 is 2.13 bits per heavy atom. The van der Waals surface area contributed by atoms with Gasteiger partial charge < -0.3 is 14.4 Å². The molecule has 0 bridgehead atoms. The van der Waals surface area contributed by atoms with Crippen molar-refractivity contribution in [3.63, 3.8) is 0 Å². The molecule has 2 aromatic carbocycles. The quantitative estimate of drug-likeness (QED) is 0.253. The van der Waals surface area contributed by atoms with Gasteiger partial charge in [0, 0.05) is 25.2 Å². The number of hydrogen-bond acceptors (Lipinski definition) is 8. The molecular weight excluding hydrogens is 560 g/mol. The molecule has 0 atom stereocenters. The zero-order chi connectivity index (χ0) is 27.9. The first-order chi connectivity index (χ1) is 18.2. The van der Waals surface area contributed by atoms with Crippen LogP contribution in [0.5, 0.6) is 11.5 Å². The summed E-state index contributed by atoms with van der Waals surface area (Å²) in [5.74, 6) is 1.01. The lowest BCUT2D eigenvalue weighted by molar-refractivity contribution is 0.0986. The molecule has 1 amide bonds. The van der Waals surface area contributed by atoms with Crippen molar-refractivity contribution in [1.29, 1.82) is 0 Å². The van der Waals surface area contributed by atoms with E-state index in [2.05, 4.69) is 4.90 Å². The van der Waals surface area contributed by atoms with E-state index in [1.807, 2.05) is 34.0 Å². The highest BCUT2D eigenvalue weighted by atomic mass is 35.5. The number of carbonyl (C=O) groups is 1. The Kier molecular flexibility index (Phi) is 12.4. The molecule has 0 saturated carbocycles. The maximum atomic E-state index is 13.8. The minimum Gasteiger partial charge on any atom is -0.495 e. The van der Waals surface area contributed by atoms with E-state index in [0.717, 1.165) is 30.5 Å². The molecule has 1 aromatic heterocycles. The van der Waals surface area contributed by atoms with Gasteiger partial charge in [-0.15, -0.1) is 12.4 Å². The van der Waals surface area contributed by atoms with Gasteiger partial charge in [-0.05, 0) is 69.9 Å². The third-order valence-corrected chi connectivity index (χ3v) is 9.30. The Morgan fingerprint density at radius 2 is 1.56 bits per heavy atom. The van der Waals surface area contributed by atoms with E-state index in [1.54, 1.807) is 37.3 Å². The van der Waals surface area contributed by atoms with Gasteiger partial charge in [-0.3, -0.25) is 9.69 Å². The molecular formula is C27H39ClN4O5S2. The fourth-order valence-electron chi connectivity index (χ4n) is 4.08. The zero-order valence-corrected chi connectivity index (χ0v) is 25.9. The van der Waals surface area contributed by atoms with Gasteiger partial charge in [-0.2, -0.15) is 4.31 Å². The summed E-state index contributed by atoms with van der Waals surface area (Å²) in [7, 11) is 3.52. The number of sulfonamides is 1. The van der Waals surface area contributed by atoms with Crippen molar-refractivity contribution >= 4 is 55.0 Å². The first-order valence-electron chi connectivity index (χ1n) is 12.8. The van der Waals surface area contributed by atoms with Gasteiger partial charge in [0.05, 0.1) is 19.1 Å². The molecule has 0 aliphatic heterocycles. The summed E-state index contributed by atoms with van der Waals surface area (Å²) in [6, 6.07) is 9.80. The van der Waals surface area contributed by atoms with E-state index < -0.39 is 10.0 Å². The van der Waals surface area contributed by atoms with Crippen LogP contribution in [0.2, 0.25) is 0 Å². The monoisotopic (exact) mass is 598 g/mol. The highest BCUT2D eigenvalue weighted by molar-refractivity contribution is 7.89. The average Bonchev–Trinajstić information content (AvgIpc) is 3.35. The number of aromatic nitrogens is 1. The lowest BCUT2D eigenvalue weighted by Gasteiger charge is -2.22. The zero-order valence-electron chi connectivity index (χ0n) is 23.5. The van der Waals surface area contributed by atoms with Crippen LogP contribution in [0.3, 0.4) is 0 Å². The topological polar surface area (TPSA) is 92.3 Å². The fraction of sp³-hybridized carbons (Fsp3) is 0.481. The summed E-state index contributed by atoms with van der Waals surface area (Å²) in [6.07, 6.45) is 2.44. The predicted octanol–water partition coefficient (Wildman–Crippen LogP) is 5.14. The predicted molar refractivity (Wildman–Crippen MR) is 161 cm³/mol. The number of rotatable bonds is 14. The van der Waals surface area contributed by atoms with Crippen molar-refractivity contribution in [2.24, 2.45) is 0 Å². The lowest BCUT2D eigenvalue weighted by Crippen LogP contribution is -2.34. The molecule has 0 aliphatic carbocycles. The molecule has 12 heteroatoms. The van der Waals surface area contributed by atoms with Crippen LogP contribution >= 0.6 is 23.7 Å². The van der Waals surface area contributed by atoms with E-state index in [1.165, 1.54) is 27.8 Å². The Labute approximate surface area is 242 Å². The van der Waals surface area contributed by atoms with Gasteiger partial charge in [-0.1, -0.05) is 31.6 Å². The lowest BCUT2D eigenvalue weighted by atomic mass is 10.2. The number of methoxy groups -OCH3 is 2. The Hall–Kier alpha value is -2.44. The first kappa shape index (κ1) is 32.8. The third-order valence-electron chi connectivity index (χ3n) is 6.21. The van der Waals surface area contributed by atoms with Crippen molar-refractivity contribution < 1.29 is 22.7 Å². The molecule has 0 saturated heterocycles. The molecule has 39 heavy (non-hydrogen) atoms. The SMILES string of the molecule is CCCCN(CC)S(=O)(=O)c1ccc(C(=O)N(CCCN(C)C)c2nc3c(OC)ccc(OC)c3s2)cc1.Cl. The molecule has 0 unspecified atom stereocenters. The highest BCUT2D eigenvalue weighted by Gasteiger charge is 2.26. The second kappa shape index (κ2) is 14.8. The van der Waals surface area contributed by atoms with Gasteiger partial charge in [0.1, 0.15) is 21.7 Å². The summed E-state index contributed by atoms with van der Waals surface area (Å²) >= 11 is 1.36. The van der Waals surface area contributed by atoms with Gasteiger partial charge in [0.2, 0.25) is 10.0 Å². The second-order valence-electron chi connectivity index (χ2n) is 9.13. The standard InChI is InChI=1S/C27H38N4O5S2.ClH/c1-7-9-18-30(8-2)38(33,34)21-13-11-20(12-14-21)26(32)31(19-10-17-29(3)4)27-28-24-22(35-5)15-16-23(36-6)25(24)37-27;/h11-16H,7-10,17-19H2,1-6H3;1H. The molecule has 0 aliphatic rings. The number of hydrogen-bond donors (Lipinski definition) is 0. The molecule has 216 valence electrons. The number of halogens is 1. The third kappa shape index (κ3) is 7.61. The van der Waals surface area contributed by atoms with Crippen LogP contribution in [0, 0.1) is 0 Å².